The van der Waals surface area contributed by atoms with E-state index >= 15 is 0 Å². The Morgan fingerprint density at radius 3 is 2.89 bits per heavy atom. The smallest absolute Gasteiger partial charge is 0.223 e. The van der Waals surface area contributed by atoms with Crippen LogP contribution in [0.25, 0.3) is 0 Å². The number of nitrogens with two attached hydrogens (primary N) is 1. The van der Waals surface area contributed by atoms with Gasteiger partial charge in [0.25, 0.3) is 0 Å². The Bertz CT molecular complexity index is 445. The van der Waals surface area contributed by atoms with Gasteiger partial charge in [-0.15, -0.1) is 0 Å². The summed E-state index contributed by atoms with van der Waals surface area (Å²) in [7, 11) is 0. The topological polar surface area (TPSA) is 59.2 Å². The van der Waals surface area contributed by atoms with Gasteiger partial charge in [0.15, 0.2) is 0 Å². The molecule has 1 aromatic rings. The zero-order valence-corrected chi connectivity index (χ0v) is 11.7. The van der Waals surface area contributed by atoms with Crippen molar-refractivity contribution in [1.29, 1.82) is 0 Å². The van der Waals surface area contributed by atoms with Crippen LogP contribution in [0.2, 0.25) is 0 Å². The lowest BCUT2D eigenvalue weighted by atomic mass is 10.2. The first-order valence-corrected chi connectivity index (χ1v) is 7.01. The molecular formula is C14H19N3OS. The van der Waals surface area contributed by atoms with Gasteiger partial charge in [0, 0.05) is 38.3 Å². The molecule has 0 saturated heterocycles. The summed E-state index contributed by atoms with van der Waals surface area (Å²) in [4.78, 5) is 18.6. The first-order valence-electron chi connectivity index (χ1n) is 6.60. The molecule has 0 spiro atoms. The number of rotatable bonds is 7. The molecule has 1 aliphatic rings. The first kappa shape index (κ1) is 13.9. The second kappa shape index (κ2) is 6.61. The SMILES string of the molecule is NC(=S)CCN(Cc1cccnc1)C(=O)CC1CC1. The number of aromatic nitrogens is 1. The zero-order chi connectivity index (χ0) is 13.7. The summed E-state index contributed by atoms with van der Waals surface area (Å²) in [6, 6.07) is 3.86. The average molecular weight is 277 g/mol. The largest absolute Gasteiger partial charge is 0.393 e. The van der Waals surface area contributed by atoms with Gasteiger partial charge in [0.1, 0.15) is 0 Å². The van der Waals surface area contributed by atoms with Crippen molar-refractivity contribution in [1.82, 2.24) is 9.88 Å². The van der Waals surface area contributed by atoms with Crippen LogP contribution in [0.3, 0.4) is 0 Å². The van der Waals surface area contributed by atoms with Crippen molar-refractivity contribution in [2.45, 2.75) is 32.2 Å². The summed E-state index contributed by atoms with van der Waals surface area (Å²) < 4.78 is 0. The summed E-state index contributed by atoms with van der Waals surface area (Å²) in [5.74, 6) is 0.788. The minimum absolute atomic E-state index is 0.197. The Kier molecular flexibility index (Phi) is 4.85. The van der Waals surface area contributed by atoms with Crippen molar-refractivity contribution in [2.24, 2.45) is 11.7 Å². The molecule has 1 heterocycles. The van der Waals surface area contributed by atoms with Crippen molar-refractivity contribution in [2.75, 3.05) is 6.54 Å². The third-order valence-electron chi connectivity index (χ3n) is 3.24. The van der Waals surface area contributed by atoms with E-state index in [0.29, 0.717) is 36.8 Å². The Hall–Kier alpha value is -1.49. The zero-order valence-electron chi connectivity index (χ0n) is 10.9. The fourth-order valence-corrected chi connectivity index (χ4v) is 2.04. The predicted molar refractivity (Wildman–Crippen MR) is 78.4 cm³/mol. The van der Waals surface area contributed by atoms with E-state index in [1.54, 1.807) is 12.4 Å². The molecule has 1 aromatic heterocycles. The third-order valence-corrected chi connectivity index (χ3v) is 3.44. The van der Waals surface area contributed by atoms with E-state index in [0.717, 1.165) is 5.56 Å². The highest BCUT2D eigenvalue weighted by atomic mass is 32.1. The monoisotopic (exact) mass is 277 g/mol. The van der Waals surface area contributed by atoms with E-state index in [4.69, 9.17) is 18.0 Å². The number of hydrogen-bond donors (Lipinski definition) is 1. The number of hydrogen-bond acceptors (Lipinski definition) is 3. The van der Waals surface area contributed by atoms with Gasteiger partial charge in [-0.3, -0.25) is 9.78 Å². The molecule has 0 atom stereocenters. The number of amides is 1. The van der Waals surface area contributed by atoms with Crippen LogP contribution >= 0.6 is 12.2 Å². The lowest BCUT2D eigenvalue weighted by Crippen LogP contribution is -2.33. The molecule has 2 N–H and O–H groups in total. The first-order chi connectivity index (χ1) is 9.15. The Labute approximate surface area is 119 Å². The Morgan fingerprint density at radius 1 is 1.53 bits per heavy atom. The summed E-state index contributed by atoms with van der Waals surface area (Å²) in [6.07, 6.45) is 7.11. The molecule has 5 heteroatoms. The fourth-order valence-electron chi connectivity index (χ4n) is 1.95. The third kappa shape index (κ3) is 4.95. The van der Waals surface area contributed by atoms with Crippen LogP contribution in [0.5, 0.6) is 0 Å². The Morgan fingerprint density at radius 2 is 2.32 bits per heavy atom. The van der Waals surface area contributed by atoms with E-state index in [1.165, 1.54) is 12.8 Å². The van der Waals surface area contributed by atoms with Gasteiger partial charge >= 0.3 is 0 Å². The van der Waals surface area contributed by atoms with Crippen molar-refractivity contribution >= 4 is 23.1 Å². The van der Waals surface area contributed by atoms with Crippen LogP contribution in [-0.2, 0) is 11.3 Å². The fraction of sp³-hybridized carbons (Fsp3) is 0.500. The van der Waals surface area contributed by atoms with Crippen LogP contribution in [0, 0.1) is 5.92 Å². The molecule has 1 aliphatic carbocycles. The van der Waals surface area contributed by atoms with Crippen LogP contribution in [-0.4, -0.2) is 27.3 Å². The van der Waals surface area contributed by atoms with E-state index in [2.05, 4.69) is 4.98 Å². The van der Waals surface area contributed by atoms with Gasteiger partial charge in [0.2, 0.25) is 5.91 Å². The summed E-state index contributed by atoms with van der Waals surface area (Å²) in [6.45, 7) is 1.18. The molecule has 0 radical (unpaired) electrons. The van der Waals surface area contributed by atoms with Gasteiger partial charge < -0.3 is 10.6 Å². The minimum atomic E-state index is 0.197. The second-order valence-electron chi connectivity index (χ2n) is 5.04. The van der Waals surface area contributed by atoms with E-state index in [-0.39, 0.29) is 5.91 Å². The molecule has 0 aliphatic heterocycles. The standard InChI is InChI=1S/C14H19N3OS/c15-13(19)5-7-17(14(18)8-11-3-4-11)10-12-2-1-6-16-9-12/h1-2,6,9,11H,3-5,7-8,10H2,(H2,15,19). The molecule has 0 unspecified atom stereocenters. The summed E-state index contributed by atoms with van der Waals surface area (Å²) in [5, 5.41) is 0. The highest BCUT2D eigenvalue weighted by Gasteiger charge is 2.27. The van der Waals surface area contributed by atoms with Crippen LogP contribution in [0.4, 0.5) is 0 Å². The lowest BCUT2D eigenvalue weighted by molar-refractivity contribution is -0.132. The molecule has 1 saturated carbocycles. The number of carbonyl (C=O) groups is 1. The maximum atomic E-state index is 12.2. The molecule has 19 heavy (non-hydrogen) atoms. The molecular weight excluding hydrogens is 258 g/mol. The van der Waals surface area contributed by atoms with Gasteiger partial charge in [-0.25, -0.2) is 0 Å². The minimum Gasteiger partial charge on any atom is -0.393 e. The number of pyridine rings is 1. The number of carbonyl (C=O) groups excluding carboxylic acids is 1. The van der Waals surface area contributed by atoms with Crippen LogP contribution in [0.1, 0.15) is 31.2 Å². The predicted octanol–water partition coefficient (Wildman–Crippen LogP) is 1.89. The van der Waals surface area contributed by atoms with Crippen molar-refractivity contribution in [3.63, 3.8) is 0 Å². The van der Waals surface area contributed by atoms with Crippen LogP contribution in [0.15, 0.2) is 24.5 Å². The number of thiocarbonyl (C=S) groups is 1. The molecule has 2 rings (SSSR count). The maximum Gasteiger partial charge on any atom is 0.223 e. The second-order valence-corrected chi connectivity index (χ2v) is 5.56. The molecule has 102 valence electrons. The molecule has 1 amide bonds. The van der Waals surface area contributed by atoms with Crippen molar-refractivity contribution in [3.05, 3.63) is 30.1 Å². The van der Waals surface area contributed by atoms with Gasteiger partial charge in [0.05, 0.1) is 4.99 Å². The highest BCUT2D eigenvalue weighted by molar-refractivity contribution is 7.80. The van der Waals surface area contributed by atoms with Gasteiger partial charge in [-0.2, -0.15) is 0 Å². The normalized spacial score (nSPS) is 14.1. The van der Waals surface area contributed by atoms with E-state index < -0.39 is 0 Å². The Balaban J connectivity index is 1.95. The number of nitrogens with zero attached hydrogens (tertiary/aromatic N) is 2. The molecule has 0 aromatic carbocycles. The van der Waals surface area contributed by atoms with E-state index in [9.17, 15) is 4.79 Å². The molecule has 4 nitrogen and oxygen atoms in total. The molecule has 0 bridgehead atoms. The maximum absolute atomic E-state index is 12.2. The quantitative estimate of drug-likeness (QED) is 0.773. The summed E-state index contributed by atoms with van der Waals surface area (Å²) >= 11 is 4.89. The van der Waals surface area contributed by atoms with Crippen molar-refractivity contribution in [3.8, 4) is 0 Å². The lowest BCUT2D eigenvalue weighted by Gasteiger charge is -2.22. The van der Waals surface area contributed by atoms with Crippen LogP contribution < -0.4 is 5.73 Å². The van der Waals surface area contributed by atoms with Crippen molar-refractivity contribution < 1.29 is 4.79 Å². The summed E-state index contributed by atoms with van der Waals surface area (Å²) in [5.41, 5.74) is 6.57. The average Bonchev–Trinajstić information content (AvgIpc) is 3.19. The van der Waals surface area contributed by atoms with Gasteiger partial charge in [-0.05, 0) is 30.4 Å². The molecule has 1 fully saturated rings. The highest BCUT2D eigenvalue weighted by Crippen LogP contribution is 2.33. The van der Waals surface area contributed by atoms with Gasteiger partial charge in [-0.1, -0.05) is 18.3 Å². The van der Waals surface area contributed by atoms with E-state index in [1.807, 2.05) is 17.0 Å².